The Hall–Kier alpha value is -1.75. The Morgan fingerprint density at radius 2 is 2.07 bits per heavy atom. The lowest BCUT2D eigenvalue weighted by Gasteiger charge is -2.27. The summed E-state index contributed by atoms with van der Waals surface area (Å²) >= 11 is 0. The number of nitrogens with zero attached hydrogens (tertiary/aromatic N) is 2. The molecule has 0 saturated carbocycles. The molecule has 1 N–H and O–H groups in total. The molecule has 1 aliphatic heterocycles. The van der Waals surface area contributed by atoms with Crippen molar-refractivity contribution in [3.05, 3.63) is 17.8 Å². The van der Waals surface area contributed by atoms with Crippen LogP contribution in [0.1, 0.15) is 30.6 Å². The Morgan fingerprint density at radius 1 is 1.36 bits per heavy atom. The number of esters is 1. The molecule has 1 fully saturated rings. The fourth-order valence-corrected chi connectivity index (χ4v) is 4.18. The molecule has 0 spiro atoms. The molecule has 1 aromatic rings. The highest BCUT2D eigenvalue weighted by Gasteiger charge is 2.30. The molecule has 28 heavy (non-hydrogen) atoms. The maximum Gasteiger partial charge on any atom is 0.339 e. The van der Waals surface area contributed by atoms with Crippen molar-refractivity contribution in [3.8, 4) is 0 Å². The van der Waals surface area contributed by atoms with Crippen molar-refractivity contribution in [2.75, 3.05) is 58.5 Å². The van der Waals surface area contributed by atoms with E-state index in [9.17, 15) is 13.2 Å². The number of carbonyl (C=O) groups excluding carboxylic acids is 1. The van der Waals surface area contributed by atoms with Gasteiger partial charge in [0, 0.05) is 39.0 Å². The second-order valence-corrected chi connectivity index (χ2v) is 8.73. The van der Waals surface area contributed by atoms with Crippen LogP contribution in [0.3, 0.4) is 0 Å². The van der Waals surface area contributed by atoms with E-state index in [0.29, 0.717) is 45.3 Å². The normalized spacial score (nSPS) is 15.6. The summed E-state index contributed by atoms with van der Waals surface area (Å²) in [6.07, 6.45) is 2.01. The van der Waals surface area contributed by atoms with Gasteiger partial charge in [0.15, 0.2) is 0 Å². The van der Waals surface area contributed by atoms with Gasteiger partial charge in [-0.05, 0) is 18.4 Å². The number of sulfonamides is 1. The number of nitrogens with one attached hydrogen (secondary N) is 1. The van der Waals surface area contributed by atoms with Crippen LogP contribution >= 0.6 is 0 Å². The quantitative estimate of drug-likeness (QED) is 0.451. The van der Waals surface area contributed by atoms with Crippen LogP contribution in [0.4, 0.5) is 5.82 Å². The minimum absolute atomic E-state index is 0.0413. The fraction of sp³-hybridized carbons (Fsp3) is 0.667. The molecule has 0 unspecified atom stereocenters. The monoisotopic (exact) mass is 415 g/mol. The molecule has 1 saturated heterocycles. The molecule has 10 heteroatoms. The van der Waals surface area contributed by atoms with Gasteiger partial charge >= 0.3 is 5.97 Å². The Labute approximate surface area is 166 Å². The average Bonchev–Trinajstić information content (AvgIpc) is 2.70. The predicted octanol–water partition coefficient (Wildman–Crippen LogP) is 1.36. The van der Waals surface area contributed by atoms with E-state index in [1.165, 1.54) is 23.7 Å². The van der Waals surface area contributed by atoms with E-state index in [4.69, 9.17) is 9.47 Å². The summed E-state index contributed by atoms with van der Waals surface area (Å²) in [5.74, 6) is 0.0355. The van der Waals surface area contributed by atoms with E-state index < -0.39 is 16.0 Å². The smallest absolute Gasteiger partial charge is 0.339 e. The van der Waals surface area contributed by atoms with Gasteiger partial charge in [-0.1, -0.05) is 13.8 Å². The number of anilines is 1. The van der Waals surface area contributed by atoms with Crippen molar-refractivity contribution in [3.63, 3.8) is 0 Å². The second-order valence-electron chi connectivity index (χ2n) is 6.83. The molecule has 9 nitrogen and oxygen atoms in total. The van der Waals surface area contributed by atoms with Crippen molar-refractivity contribution >= 4 is 21.8 Å². The number of rotatable bonds is 10. The lowest BCUT2D eigenvalue weighted by atomic mass is 10.2. The first-order chi connectivity index (χ1) is 13.4. The molecule has 158 valence electrons. The number of hydrogen-bond donors (Lipinski definition) is 1. The van der Waals surface area contributed by atoms with Crippen molar-refractivity contribution in [1.82, 2.24) is 9.29 Å². The summed E-state index contributed by atoms with van der Waals surface area (Å²) < 4.78 is 43.0. The van der Waals surface area contributed by atoms with Gasteiger partial charge in [0.1, 0.15) is 10.7 Å². The highest BCUT2D eigenvalue weighted by atomic mass is 32.2. The number of carbonyl (C=O) groups is 1. The van der Waals surface area contributed by atoms with Gasteiger partial charge in [-0.3, -0.25) is 0 Å². The first kappa shape index (κ1) is 22.5. The summed E-state index contributed by atoms with van der Waals surface area (Å²) in [4.78, 5) is 16.0. The third-order valence-corrected chi connectivity index (χ3v) is 5.98. The summed E-state index contributed by atoms with van der Waals surface area (Å²) in [6, 6.07) is 1.31. The van der Waals surface area contributed by atoms with Gasteiger partial charge in [0.25, 0.3) is 0 Å². The maximum atomic E-state index is 13.1. The lowest BCUT2D eigenvalue weighted by molar-refractivity contribution is 0.0600. The Morgan fingerprint density at radius 3 is 2.71 bits per heavy atom. The average molecular weight is 416 g/mol. The van der Waals surface area contributed by atoms with Crippen molar-refractivity contribution in [2.45, 2.75) is 25.2 Å². The molecular weight excluding hydrogens is 386 g/mol. The standard InChI is InChI=1S/C18H29N3O6S/c1-14(2)13-27-8-4-5-19-17-16(11-15(12-20-17)18(22)25-3)28(23,24)21-6-9-26-10-7-21/h11-12,14H,4-10,13H2,1-3H3,(H,19,20). The van der Waals surface area contributed by atoms with Gasteiger partial charge in [0.2, 0.25) is 10.0 Å². The van der Waals surface area contributed by atoms with E-state index in [1.54, 1.807) is 0 Å². The Balaban J connectivity index is 2.16. The molecule has 0 aliphatic carbocycles. The molecule has 2 heterocycles. The zero-order chi connectivity index (χ0) is 20.6. The van der Waals surface area contributed by atoms with Crippen LogP contribution in [0, 0.1) is 5.92 Å². The van der Waals surface area contributed by atoms with Crippen LogP contribution in [0.25, 0.3) is 0 Å². The van der Waals surface area contributed by atoms with Crippen LogP contribution in [0.5, 0.6) is 0 Å². The third-order valence-electron chi connectivity index (χ3n) is 4.07. The van der Waals surface area contributed by atoms with Gasteiger partial charge in [-0.15, -0.1) is 0 Å². The lowest BCUT2D eigenvalue weighted by Crippen LogP contribution is -2.41. The summed E-state index contributed by atoms with van der Waals surface area (Å²) in [7, 11) is -2.59. The Kier molecular flexibility index (Phi) is 8.61. The van der Waals surface area contributed by atoms with E-state index in [1.807, 2.05) is 0 Å². The van der Waals surface area contributed by atoms with E-state index in [0.717, 1.165) is 0 Å². The van der Waals surface area contributed by atoms with Crippen molar-refractivity contribution in [2.24, 2.45) is 5.92 Å². The van der Waals surface area contributed by atoms with Gasteiger partial charge in [-0.2, -0.15) is 4.31 Å². The van der Waals surface area contributed by atoms with Crippen molar-refractivity contribution < 1.29 is 27.4 Å². The number of aromatic nitrogens is 1. The molecule has 1 aromatic heterocycles. The largest absolute Gasteiger partial charge is 0.465 e. The predicted molar refractivity (Wildman–Crippen MR) is 104 cm³/mol. The molecule has 0 aromatic carbocycles. The number of ether oxygens (including phenoxy) is 3. The summed E-state index contributed by atoms with van der Waals surface area (Å²) in [5, 5.41) is 3.05. The zero-order valence-electron chi connectivity index (χ0n) is 16.6. The third kappa shape index (κ3) is 6.13. The first-order valence-electron chi connectivity index (χ1n) is 9.34. The van der Waals surface area contributed by atoms with Crippen LogP contribution in [0.15, 0.2) is 17.2 Å². The number of methoxy groups -OCH3 is 1. The SMILES string of the molecule is COC(=O)c1cnc(NCCCOCC(C)C)c(S(=O)(=O)N2CCOCC2)c1. The minimum atomic E-state index is -3.83. The summed E-state index contributed by atoms with van der Waals surface area (Å²) in [5.41, 5.74) is 0.0835. The number of morpholine rings is 1. The number of pyridine rings is 1. The van der Waals surface area contributed by atoms with E-state index in [-0.39, 0.29) is 29.4 Å². The van der Waals surface area contributed by atoms with Crippen LogP contribution in [-0.4, -0.2) is 76.8 Å². The van der Waals surface area contributed by atoms with Gasteiger partial charge in [-0.25, -0.2) is 18.2 Å². The Bertz CT molecular complexity index is 748. The van der Waals surface area contributed by atoms with E-state index in [2.05, 4.69) is 28.9 Å². The van der Waals surface area contributed by atoms with Crippen molar-refractivity contribution in [1.29, 1.82) is 0 Å². The van der Waals surface area contributed by atoms with E-state index >= 15 is 0 Å². The topological polar surface area (TPSA) is 107 Å². The highest BCUT2D eigenvalue weighted by molar-refractivity contribution is 7.89. The zero-order valence-corrected chi connectivity index (χ0v) is 17.5. The van der Waals surface area contributed by atoms with Crippen LogP contribution in [0.2, 0.25) is 0 Å². The molecule has 0 radical (unpaired) electrons. The summed E-state index contributed by atoms with van der Waals surface area (Å²) in [6.45, 7) is 7.08. The van der Waals surface area contributed by atoms with Gasteiger partial charge < -0.3 is 19.5 Å². The van der Waals surface area contributed by atoms with Gasteiger partial charge in [0.05, 0.1) is 25.9 Å². The molecule has 0 atom stereocenters. The molecule has 0 bridgehead atoms. The van der Waals surface area contributed by atoms with Crippen LogP contribution in [-0.2, 0) is 24.2 Å². The highest BCUT2D eigenvalue weighted by Crippen LogP contribution is 2.25. The molecular formula is C18H29N3O6S. The molecule has 2 rings (SSSR count). The first-order valence-corrected chi connectivity index (χ1v) is 10.8. The fourth-order valence-electron chi connectivity index (χ4n) is 2.63. The maximum absolute atomic E-state index is 13.1. The number of hydrogen-bond acceptors (Lipinski definition) is 8. The minimum Gasteiger partial charge on any atom is -0.465 e. The van der Waals surface area contributed by atoms with Crippen LogP contribution < -0.4 is 5.32 Å². The molecule has 1 aliphatic rings. The molecule has 0 amide bonds. The second kappa shape index (κ2) is 10.7.